The fraction of sp³-hybridized carbons (Fsp3) is 0.429. The van der Waals surface area contributed by atoms with Gasteiger partial charge in [-0.25, -0.2) is 8.78 Å². The first-order valence-electron chi connectivity index (χ1n) is 9.41. The first kappa shape index (κ1) is 23.3. The second-order valence-electron chi connectivity index (χ2n) is 7.37. The first-order valence-corrected chi connectivity index (χ1v) is 9.41. The number of aliphatic hydroxyl groups is 3. The van der Waals surface area contributed by atoms with Crippen molar-refractivity contribution in [1.82, 2.24) is 0 Å². The minimum atomic E-state index is -3.88. The van der Waals surface area contributed by atoms with E-state index >= 15 is 0 Å². The van der Waals surface area contributed by atoms with Gasteiger partial charge in [-0.05, 0) is 54.3 Å². The van der Waals surface area contributed by atoms with Crippen LogP contribution in [0.1, 0.15) is 28.4 Å². The largest absolute Gasteiger partial charge is 0.508 e. The van der Waals surface area contributed by atoms with Gasteiger partial charge in [-0.1, -0.05) is 12.1 Å². The summed E-state index contributed by atoms with van der Waals surface area (Å²) >= 11 is 0. The Labute approximate surface area is 175 Å². The van der Waals surface area contributed by atoms with Gasteiger partial charge in [0.25, 0.3) is 0 Å². The van der Waals surface area contributed by atoms with Gasteiger partial charge in [0.05, 0.1) is 6.61 Å². The van der Waals surface area contributed by atoms with Gasteiger partial charge in [0, 0.05) is 5.56 Å². The molecule has 2 aromatic rings. The third kappa shape index (κ3) is 4.77. The van der Waals surface area contributed by atoms with Gasteiger partial charge in [-0.2, -0.15) is 8.78 Å². The molecule has 10 heteroatoms. The predicted molar refractivity (Wildman–Crippen MR) is 100 cm³/mol. The van der Waals surface area contributed by atoms with Crippen LogP contribution < -0.4 is 4.74 Å². The molecule has 6 nitrogen and oxygen atoms in total. The van der Waals surface area contributed by atoms with Crippen LogP contribution in [0, 0.1) is 6.92 Å². The van der Waals surface area contributed by atoms with E-state index in [0.717, 1.165) is 0 Å². The molecular formula is C21H22F4O6. The van der Waals surface area contributed by atoms with Crippen LogP contribution in [0.3, 0.4) is 0 Å². The number of phenols is 1. The van der Waals surface area contributed by atoms with Gasteiger partial charge in [0.2, 0.25) is 0 Å². The lowest BCUT2D eigenvalue weighted by molar-refractivity contribution is -0.296. The number of aryl methyl sites for hydroxylation is 1. The van der Waals surface area contributed by atoms with E-state index in [1.807, 2.05) is 0 Å². The zero-order valence-electron chi connectivity index (χ0n) is 16.4. The van der Waals surface area contributed by atoms with E-state index in [1.165, 1.54) is 24.3 Å². The molecule has 0 unspecified atom stereocenters. The topological polar surface area (TPSA) is 99.4 Å². The molecule has 0 spiro atoms. The van der Waals surface area contributed by atoms with E-state index in [0.29, 0.717) is 23.1 Å². The quantitative estimate of drug-likeness (QED) is 0.510. The fourth-order valence-electron chi connectivity index (χ4n) is 3.54. The predicted octanol–water partition coefficient (Wildman–Crippen LogP) is 2.68. The minimum absolute atomic E-state index is 0.00874. The number of aliphatic hydroxyl groups excluding tert-OH is 3. The number of hydrogen-bond acceptors (Lipinski definition) is 6. The summed E-state index contributed by atoms with van der Waals surface area (Å²) in [7, 11) is 0. The van der Waals surface area contributed by atoms with Gasteiger partial charge in [-0.15, -0.1) is 0 Å². The molecule has 170 valence electrons. The van der Waals surface area contributed by atoms with E-state index in [1.54, 1.807) is 19.1 Å². The molecule has 0 radical (unpaired) electrons. The molecule has 1 aliphatic rings. The molecule has 1 saturated heterocycles. The molecule has 1 heterocycles. The summed E-state index contributed by atoms with van der Waals surface area (Å²) in [5, 5.41) is 39.6. The summed E-state index contributed by atoms with van der Waals surface area (Å²) in [6, 6.07) is 8.70. The SMILES string of the molecule is Cc1cc(O)c([C@@H]2O[C@H](CO)C(F)(F)[C@H](O)[C@H]2O)cc1Cc1ccc(OC(F)F)cc1. The zero-order valence-corrected chi connectivity index (χ0v) is 16.4. The Morgan fingerprint density at radius 3 is 2.35 bits per heavy atom. The van der Waals surface area contributed by atoms with Gasteiger partial charge >= 0.3 is 12.5 Å². The molecule has 31 heavy (non-hydrogen) atoms. The summed E-state index contributed by atoms with van der Waals surface area (Å²) in [6.45, 7) is -2.34. The third-order valence-electron chi connectivity index (χ3n) is 5.27. The first-order chi connectivity index (χ1) is 14.5. The highest BCUT2D eigenvalue weighted by Crippen LogP contribution is 2.43. The highest BCUT2D eigenvalue weighted by Gasteiger charge is 2.57. The number of phenolic OH excluding ortho intramolecular Hbond substituents is 1. The normalized spacial score (nSPS) is 25.6. The maximum Gasteiger partial charge on any atom is 0.387 e. The van der Waals surface area contributed by atoms with Crippen molar-refractivity contribution in [3.05, 3.63) is 58.7 Å². The van der Waals surface area contributed by atoms with Crippen LogP contribution >= 0.6 is 0 Å². The number of rotatable bonds is 6. The average molecular weight is 446 g/mol. The average Bonchev–Trinajstić information content (AvgIpc) is 2.70. The van der Waals surface area contributed by atoms with Crippen molar-refractivity contribution >= 4 is 0 Å². The van der Waals surface area contributed by atoms with Crippen molar-refractivity contribution in [3.63, 3.8) is 0 Å². The van der Waals surface area contributed by atoms with Crippen LogP contribution in [0.2, 0.25) is 0 Å². The number of alkyl halides is 4. The van der Waals surface area contributed by atoms with Crippen molar-refractivity contribution in [1.29, 1.82) is 0 Å². The number of aromatic hydroxyl groups is 1. The Bertz CT molecular complexity index is 901. The standard InChI is InChI=1S/C21H22F4O6/c1-10-6-15(27)14(18-17(28)19(29)21(24,25)16(9-26)31-18)8-12(10)7-11-2-4-13(5-3-11)30-20(22)23/h2-6,8,16-20,26-29H,7,9H2,1H3/t16-,17+,18+,19-/m1/s1. The molecule has 0 aromatic heterocycles. The Balaban J connectivity index is 1.89. The number of benzene rings is 2. The number of ether oxygens (including phenoxy) is 2. The van der Waals surface area contributed by atoms with Crippen LogP contribution in [0.4, 0.5) is 17.6 Å². The van der Waals surface area contributed by atoms with E-state index in [-0.39, 0.29) is 17.1 Å². The Hall–Kier alpha value is -2.40. The van der Waals surface area contributed by atoms with Crippen molar-refractivity contribution in [2.24, 2.45) is 0 Å². The molecule has 2 aromatic carbocycles. The third-order valence-corrected chi connectivity index (χ3v) is 5.27. The van der Waals surface area contributed by atoms with E-state index in [9.17, 15) is 38.0 Å². The lowest BCUT2D eigenvalue weighted by atomic mass is 9.88. The molecule has 1 aliphatic heterocycles. The Morgan fingerprint density at radius 2 is 1.77 bits per heavy atom. The fourth-order valence-corrected chi connectivity index (χ4v) is 3.54. The molecule has 0 amide bonds. The molecule has 1 fully saturated rings. The van der Waals surface area contributed by atoms with Gasteiger partial charge < -0.3 is 29.9 Å². The Morgan fingerprint density at radius 1 is 1.13 bits per heavy atom. The molecular weight excluding hydrogens is 424 g/mol. The summed E-state index contributed by atoms with van der Waals surface area (Å²) in [6.07, 6.45) is -7.84. The van der Waals surface area contributed by atoms with Crippen molar-refractivity contribution in [3.8, 4) is 11.5 Å². The van der Waals surface area contributed by atoms with Crippen LogP contribution in [-0.2, 0) is 11.2 Å². The number of hydrogen-bond donors (Lipinski definition) is 4. The highest BCUT2D eigenvalue weighted by atomic mass is 19.3. The monoisotopic (exact) mass is 446 g/mol. The van der Waals surface area contributed by atoms with Crippen LogP contribution in [0.5, 0.6) is 11.5 Å². The van der Waals surface area contributed by atoms with Crippen LogP contribution in [0.15, 0.2) is 36.4 Å². The second-order valence-corrected chi connectivity index (χ2v) is 7.37. The lowest BCUT2D eigenvalue weighted by Gasteiger charge is -2.42. The van der Waals surface area contributed by atoms with Crippen LogP contribution in [-0.4, -0.2) is 57.9 Å². The summed E-state index contributed by atoms with van der Waals surface area (Å²) in [4.78, 5) is 0. The van der Waals surface area contributed by atoms with Crippen LogP contribution in [0.25, 0.3) is 0 Å². The van der Waals surface area contributed by atoms with E-state index < -0.39 is 43.6 Å². The zero-order chi connectivity index (χ0) is 22.9. The maximum absolute atomic E-state index is 14.0. The summed E-state index contributed by atoms with van der Waals surface area (Å²) in [5.41, 5.74) is 1.97. The summed E-state index contributed by atoms with van der Waals surface area (Å²) < 4.78 is 62.1. The highest BCUT2D eigenvalue weighted by molar-refractivity contribution is 5.45. The molecule has 0 bridgehead atoms. The second kappa shape index (κ2) is 8.99. The molecule has 4 atom stereocenters. The summed E-state index contributed by atoms with van der Waals surface area (Å²) in [5.74, 6) is -4.22. The van der Waals surface area contributed by atoms with Crippen molar-refractivity contribution in [2.75, 3.05) is 6.61 Å². The van der Waals surface area contributed by atoms with Gasteiger partial charge in [-0.3, -0.25) is 0 Å². The van der Waals surface area contributed by atoms with Gasteiger partial charge in [0.15, 0.2) is 0 Å². The van der Waals surface area contributed by atoms with Gasteiger partial charge in [0.1, 0.15) is 35.9 Å². The smallest absolute Gasteiger partial charge is 0.387 e. The van der Waals surface area contributed by atoms with Crippen molar-refractivity contribution < 1.29 is 47.5 Å². The molecule has 4 N–H and O–H groups in total. The van der Waals surface area contributed by atoms with E-state index in [4.69, 9.17) is 4.74 Å². The lowest BCUT2D eigenvalue weighted by Crippen LogP contribution is -2.59. The molecule has 0 saturated carbocycles. The minimum Gasteiger partial charge on any atom is -0.508 e. The Kier molecular flexibility index (Phi) is 6.75. The number of halogens is 4. The molecule has 0 aliphatic carbocycles. The molecule has 3 rings (SSSR count). The van der Waals surface area contributed by atoms with Crippen molar-refractivity contribution in [2.45, 2.75) is 50.3 Å². The maximum atomic E-state index is 14.0. The van der Waals surface area contributed by atoms with E-state index in [2.05, 4.69) is 4.74 Å².